The first-order valence-electron chi connectivity index (χ1n) is 6.21. The predicted octanol–water partition coefficient (Wildman–Crippen LogP) is 2.98. The molecule has 2 heteroatoms. The molecule has 1 fully saturated rings. The van der Waals surface area contributed by atoms with E-state index in [0.717, 1.165) is 13.1 Å². The summed E-state index contributed by atoms with van der Waals surface area (Å²) < 4.78 is 0. The molecule has 1 aromatic rings. The summed E-state index contributed by atoms with van der Waals surface area (Å²) in [6.07, 6.45) is 2.46. The van der Waals surface area contributed by atoms with Gasteiger partial charge in [0.25, 0.3) is 0 Å². The molecule has 1 saturated heterocycles. The third kappa shape index (κ3) is 2.56. The van der Waals surface area contributed by atoms with Gasteiger partial charge in [0.05, 0.1) is 0 Å². The van der Waals surface area contributed by atoms with Crippen LogP contribution in [0.3, 0.4) is 0 Å². The van der Waals surface area contributed by atoms with E-state index in [9.17, 15) is 5.11 Å². The summed E-state index contributed by atoms with van der Waals surface area (Å²) in [6, 6.07) is 6.05. The molecule has 1 unspecified atom stereocenters. The fraction of sp³-hybridized carbons (Fsp3) is 0.571. The average molecular weight is 219 g/mol. The maximum Gasteiger partial charge on any atom is 0.116 e. The molecule has 0 amide bonds. The molecule has 1 aromatic carbocycles. The van der Waals surface area contributed by atoms with Gasteiger partial charge in [0.15, 0.2) is 0 Å². The number of nitrogens with one attached hydrogen (secondary N) is 1. The summed E-state index contributed by atoms with van der Waals surface area (Å²) >= 11 is 0. The third-order valence-electron chi connectivity index (χ3n) is 3.40. The van der Waals surface area contributed by atoms with E-state index in [2.05, 4.69) is 25.2 Å². The third-order valence-corrected chi connectivity index (χ3v) is 3.40. The first kappa shape index (κ1) is 11.5. The quantitative estimate of drug-likeness (QED) is 0.801. The standard InChI is InChI=1S/C14H21NO/c1-10(2)12-6-13(8-14(16)7-12)11-4-3-5-15-9-11/h6-8,10-11,15-16H,3-5,9H2,1-2H3. The van der Waals surface area contributed by atoms with Gasteiger partial charge in [0, 0.05) is 6.54 Å². The van der Waals surface area contributed by atoms with Crippen LogP contribution in [0.2, 0.25) is 0 Å². The van der Waals surface area contributed by atoms with Crippen LogP contribution in [0.1, 0.15) is 49.7 Å². The molecule has 2 rings (SSSR count). The van der Waals surface area contributed by atoms with Gasteiger partial charge < -0.3 is 10.4 Å². The molecular weight excluding hydrogens is 198 g/mol. The van der Waals surface area contributed by atoms with Crippen molar-refractivity contribution in [3.8, 4) is 5.75 Å². The summed E-state index contributed by atoms with van der Waals surface area (Å²) in [5.41, 5.74) is 2.52. The minimum absolute atomic E-state index is 0.409. The average Bonchev–Trinajstić information content (AvgIpc) is 2.29. The fourth-order valence-electron chi connectivity index (χ4n) is 2.36. The van der Waals surface area contributed by atoms with Crippen molar-refractivity contribution in [3.05, 3.63) is 29.3 Å². The van der Waals surface area contributed by atoms with Crippen LogP contribution in [0.25, 0.3) is 0 Å². The number of phenols is 1. The minimum atomic E-state index is 0.409. The number of piperidine rings is 1. The molecule has 1 atom stereocenters. The van der Waals surface area contributed by atoms with Crippen molar-refractivity contribution in [3.63, 3.8) is 0 Å². The molecule has 0 spiro atoms. The highest BCUT2D eigenvalue weighted by Crippen LogP contribution is 2.29. The van der Waals surface area contributed by atoms with Crippen LogP contribution >= 0.6 is 0 Å². The maximum absolute atomic E-state index is 9.75. The molecule has 1 heterocycles. The smallest absolute Gasteiger partial charge is 0.116 e. The lowest BCUT2D eigenvalue weighted by Crippen LogP contribution is -2.28. The van der Waals surface area contributed by atoms with E-state index < -0.39 is 0 Å². The number of rotatable bonds is 2. The molecule has 0 bridgehead atoms. The number of hydrogen-bond acceptors (Lipinski definition) is 2. The normalized spacial score (nSPS) is 21.3. The molecule has 16 heavy (non-hydrogen) atoms. The van der Waals surface area contributed by atoms with Crippen LogP contribution < -0.4 is 5.32 Å². The van der Waals surface area contributed by atoms with E-state index in [4.69, 9.17) is 0 Å². The Hall–Kier alpha value is -1.02. The largest absolute Gasteiger partial charge is 0.508 e. The summed E-state index contributed by atoms with van der Waals surface area (Å²) in [5, 5.41) is 13.2. The molecular formula is C14H21NO. The Kier molecular flexibility index (Phi) is 3.49. The summed E-state index contributed by atoms with van der Waals surface area (Å²) in [6.45, 7) is 6.50. The zero-order chi connectivity index (χ0) is 11.5. The van der Waals surface area contributed by atoms with Crippen molar-refractivity contribution < 1.29 is 5.11 Å². The molecule has 2 N–H and O–H groups in total. The van der Waals surface area contributed by atoms with Crippen LogP contribution in [0, 0.1) is 0 Å². The second-order valence-corrected chi connectivity index (χ2v) is 5.06. The Labute approximate surface area is 97.7 Å². The summed E-state index contributed by atoms with van der Waals surface area (Å²) in [7, 11) is 0. The van der Waals surface area contributed by atoms with Crippen molar-refractivity contribution in [2.45, 2.75) is 38.5 Å². The highest BCUT2D eigenvalue weighted by molar-refractivity contribution is 5.37. The maximum atomic E-state index is 9.75. The van der Waals surface area contributed by atoms with E-state index >= 15 is 0 Å². The monoisotopic (exact) mass is 219 g/mol. The topological polar surface area (TPSA) is 32.3 Å². The van der Waals surface area contributed by atoms with Crippen molar-refractivity contribution in [1.82, 2.24) is 5.32 Å². The lowest BCUT2D eigenvalue weighted by molar-refractivity contribution is 0.451. The van der Waals surface area contributed by atoms with Crippen molar-refractivity contribution >= 4 is 0 Å². The van der Waals surface area contributed by atoms with Crippen LogP contribution in [0.5, 0.6) is 5.75 Å². The molecule has 1 aliphatic rings. The summed E-state index contributed by atoms with van der Waals surface area (Å²) in [4.78, 5) is 0. The lowest BCUT2D eigenvalue weighted by Gasteiger charge is -2.24. The van der Waals surface area contributed by atoms with Gasteiger partial charge in [-0.2, -0.15) is 0 Å². The molecule has 0 aliphatic carbocycles. The highest BCUT2D eigenvalue weighted by Gasteiger charge is 2.16. The van der Waals surface area contributed by atoms with Gasteiger partial charge in [-0.05, 0) is 54.5 Å². The zero-order valence-corrected chi connectivity index (χ0v) is 10.2. The molecule has 1 aliphatic heterocycles. The summed E-state index contributed by atoms with van der Waals surface area (Å²) in [5.74, 6) is 1.45. The first-order chi connectivity index (χ1) is 7.66. The van der Waals surface area contributed by atoms with Gasteiger partial charge >= 0.3 is 0 Å². The van der Waals surface area contributed by atoms with Gasteiger partial charge in [-0.1, -0.05) is 19.9 Å². The Morgan fingerprint density at radius 2 is 2.12 bits per heavy atom. The number of phenolic OH excluding ortho intramolecular Hbond substituents is 1. The van der Waals surface area contributed by atoms with Crippen LogP contribution in [-0.4, -0.2) is 18.2 Å². The molecule has 0 saturated carbocycles. The Morgan fingerprint density at radius 1 is 1.31 bits per heavy atom. The van der Waals surface area contributed by atoms with E-state index in [1.165, 1.54) is 24.0 Å². The second-order valence-electron chi connectivity index (χ2n) is 5.06. The Morgan fingerprint density at radius 3 is 2.75 bits per heavy atom. The number of benzene rings is 1. The Balaban J connectivity index is 2.25. The molecule has 0 aromatic heterocycles. The molecule has 2 nitrogen and oxygen atoms in total. The number of hydrogen-bond donors (Lipinski definition) is 2. The predicted molar refractivity (Wildman–Crippen MR) is 67.0 cm³/mol. The van der Waals surface area contributed by atoms with Gasteiger partial charge in [-0.25, -0.2) is 0 Å². The van der Waals surface area contributed by atoms with Gasteiger partial charge in [-0.15, -0.1) is 0 Å². The van der Waals surface area contributed by atoms with E-state index in [-0.39, 0.29) is 0 Å². The Bertz CT molecular complexity index is 354. The van der Waals surface area contributed by atoms with Gasteiger partial charge in [0.2, 0.25) is 0 Å². The second kappa shape index (κ2) is 4.88. The number of aromatic hydroxyl groups is 1. The first-order valence-corrected chi connectivity index (χ1v) is 6.21. The van der Waals surface area contributed by atoms with E-state index in [1.807, 2.05) is 12.1 Å². The van der Waals surface area contributed by atoms with Crippen LogP contribution in [0.4, 0.5) is 0 Å². The van der Waals surface area contributed by atoms with Crippen LogP contribution in [-0.2, 0) is 0 Å². The molecule has 88 valence electrons. The van der Waals surface area contributed by atoms with Crippen molar-refractivity contribution in [2.24, 2.45) is 0 Å². The SMILES string of the molecule is CC(C)c1cc(O)cc(C2CCCNC2)c1. The lowest BCUT2D eigenvalue weighted by atomic mass is 9.89. The minimum Gasteiger partial charge on any atom is -0.508 e. The van der Waals surface area contributed by atoms with Gasteiger partial charge in [-0.3, -0.25) is 0 Å². The zero-order valence-electron chi connectivity index (χ0n) is 10.2. The van der Waals surface area contributed by atoms with E-state index in [0.29, 0.717) is 17.6 Å². The highest BCUT2D eigenvalue weighted by atomic mass is 16.3. The van der Waals surface area contributed by atoms with Crippen LogP contribution in [0.15, 0.2) is 18.2 Å². The van der Waals surface area contributed by atoms with E-state index in [1.54, 1.807) is 0 Å². The fourth-order valence-corrected chi connectivity index (χ4v) is 2.36. The van der Waals surface area contributed by atoms with Gasteiger partial charge in [0.1, 0.15) is 5.75 Å². The van der Waals surface area contributed by atoms with Crippen molar-refractivity contribution in [2.75, 3.05) is 13.1 Å². The molecule has 0 radical (unpaired) electrons. The van der Waals surface area contributed by atoms with Crippen molar-refractivity contribution in [1.29, 1.82) is 0 Å².